The molecule has 4 heteroatoms. The van der Waals surface area contributed by atoms with Crippen LogP contribution in [-0.2, 0) is 4.84 Å². The summed E-state index contributed by atoms with van der Waals surface area (Å²) in [6, 6.07) is 0. The average molecular weight is 132 g/mol. The first kappa shape index (κ1) is 8.23. The second kappa shape index (κ2) is 3.29. The topological polar surface area (TPSA) is 35.6 Å². The maximum Gasteiger partial charge on any atom is 0.711 e. The summed E-state index contributed by atoms with van der Waals surface area (Å²) < 4.78 is 0. The summed E-state index contributed by atoms with van der Waals surface area (Å²) in [5.41, 5.74) is 0. The van der Waals surface area contributed by atoms with Gasteiger partial charge in [0, 0.05) is 28.2 Å². The zero-order chi connectivity index (χ0) is 7.44. The lowest BCUT2D eigenvalue weighted by Crippen LogP contribution is -2.28. The molecule has 0 spiro atoms. The molecule has 0 rings (SSSR count). The molecule has 0 aromatic carbocycles. The van der Waals surface area contributed by atoms with Gasteiger partial charge in [0.15, 0.2) is 0 Å². The van der Waals surface area contributed by atoms with E-state index >= 15 is 0 Å². The first-order valence-corrected chi connectivity index (χ1v) is 2.60. The third kappa shape index (κ3) is 3.78. The van der Waals surface area contributed by atoms with Crippen molar-refractivity contribution in [2.24, 2.45) is 0 Å². The summed E-state index contributed by atoms with van der Waals surface area (Å²) in [5, 5.41) is 1.35. The number of hydroxylamine groups is 2. The van der Waals surface area contributed by atoms with Crippen molar-refractivity contribution in [3.8, 4) is 0 Å². The van der Waals surface area contributed by atoms with Gasteiger partial charge in [0.1, 0.15) is 0 Å². The van der Waals surface area contributed by atoms with Gasteiger partial charge in [0.05, 0.1) is 4.79 Å². The average Bonchev–Trinajstić information content (AvgIpc) is 1.63. The molecule has 0 aromatic heterocycles. The van der Waals surface area contributed by atoms with E-state index in [-0.39, 0.29) is 6.09 Å². The molecule has 0 aliphatic heterocycles. The lowest BCUT2D eigenvalue weighted by Gasteiger charge is -2.01. The van der Waals surface area contributed by atoms with Crippen LogP contribution < -0.4 is 0 Å². The minimum absolute atomic E-state index is 0.361. The smallest absolute Gasteiger partial charge is 0.256 e. The van der Waals surface area contributed by atoms with E-state index < -0.39 is 0 Å². The van der Waals surface area contributed by atoms with E-state index in [1.165, 1.54) is 9.96 Å². The Bertz CT molecular complexity index is 101. The van der Waals surface area contributed by atoms with Crippen LogP contribution in [0.3, 0.4) is 0 Å². The SMILES string of the molecule is CN(C)OC(=[O+])N(C)C. The number of rotatable bonds is 1. The van der Waals surface area contributed by atoms with Gasteiger partial charge in [-0.05, 0) is 5.06 Å². The molecule has 0 heterocycles. The van der Waals surface area contributed by atoms with Crippen molar-refractivity contribution in [1.82, 2.24) is 9.96 Å². The fourth-order valence-corrected chi connectivity index (χ4v) is 0.238. The van der Waals surface area contributed by atoms with Gasteiger partial charge in [-0.2, -0.15) is 4.84 Å². The first-order chi connectivity index (χ1) is 4.04. The Morgan fingerprint density at radius 1 is 1.22 bits per heavy atom. The molecule has 0 bridgehead atoms. The fraction of sp³-hybridized carbons (Fsp3) is 0.800. The van der Waals surface area contributed by atoms with Crippen molar-refractivity contribution in [3.05, 3.63) is 0 Å². The van der Waals surface area contributed by atoms with E-state index in [0.29, 0.717) is 0 Å². The van der Waals surface area contributed by atoms with Gasteiger partial charge in [0.25, 0.3) is 0 Å². The highest BCUT2D eigenvalue weighted by atomic mass is 16.7. The highest BCUT2D eigenvalue weighted by molar-refractivity contribution is 5.66. The van der Waals surface area contributed by atoms with Gasteiger partial charge in [0.2, 0.25) is 0 Å². The molecule has 0 N–H and O–H groups in total. The first-order valence-electron chi connectivity index (χ1n) is 2.60. The van der Waals surface area contributed by atoms with Gasteiger partial charge in [-0.15, -0.1) is 0 Å². The molecule has 0 atom stereocenters. The molecular weight excluding hydrogens is 120 g/mol. The molecule has 0 aliphatic rings. The molecule has 0 aliphatic carbocycles. The van der Waals surface area contributed by atoms with Crippen LogP contribution in [0.4, 0.5) is 4.79 Å². The molecule has 0 aromatic rings. The summed E-state index contributed by atoms with van der Waals surface area (Å²) in [6.07, 6.45) is -0.361. The lowest BCUT2D eigenvalue weighted by atomic mass is 10.9. The summed E-state index contributed by atoms with van der Waals surface area (Å²) >= 11 is 0. The Kier molecular flexibility index (Phi) is 3.01. The molecule has 0 saturated heterocycles. The third-order valence-electron chi connectivity index (χ3n) is 0.626. The number of carbonyl (C=O) groups is 1. The minimum Gasteiger partial charge on any atom is -0.256 e. The van der Waals surface area contributed by atoms with E-state index in [1.807, 2.05) is 0 Å². The standard InChI is InChI=1S/C5H12N2O2/c1-6(2)5(8)9-7(3)4/h1-4H3/q+1. The highest BCUT2D eigenvalue weighted by Crippen LogP contribution is 1.85. The number of amides is 1. The lowest BCUT2D eigenvalue weighted by molar-refractivity contribution is -0.0667. The van der Waals surface area contributed by atoms with Gasteiger partial charge in [-0.1, -0.05) is 0 Å². The van der Waals surface area contributed by atoms with Crippen LogP contribution >= 0.6 is 0 Å². The number of hydrogen-bond donors (Lipinski definition) is 0. The fourth-order valence-electron chi connectivity index (χ4n) is 0.238. The predicted molar refractivity (Wildman–Crippen MR) is 33.9 cm³/mol. The monoisotopic (exact) mass is 132 g/mol. The van der Waals surface area contributed by atoms with Crippen molar-refractivity contribution in [2.75, 3.05) is 28.2 Å². The quantitative estimate of drug-likeness (QED) is 0.376. The molecule has 1 amide bonds. The Balaban J connectivity index is 3.51. The number of carbonyl (C=O) groups excluding carboxylic acids is 1. The summed E-state index contributed by atoms with van der Waals surface area (Å²) in [5.74, 6) is 0. The van der Waals surface area contributed by atoms with Crippen molar-refractivity contribution >= 4 is 6.09 Å². The van der Waals surface area contributed by atoms with Crippen LogP contribution in [0.15, 0.2) is 0 Å². The number of nitrogens with zero attached hydrogens (tertiary/aromatic N) is 2. The zero-order valence-corrected chi connectivity index (χ0v) is 6.21. The van der Waals surface area contributed by atoms with Crippen LogP contribution in [0, 0.1) is 0 Å². The van der Waals surface area contributed by atoms with E-state index in [0.717, 1.165) is 0 Å². The van der Waals surface area contributed by atoms with Crippen molar-refractivity contribution in [2.45, 2.75) is 0 Å². The Hall–Kier alpha value is -0.770. The second-order valence-electron chi connectivity index (χ2n) is 2.06. The van der Waals surface area contributed by atoms with E-state index in [4.69, 9.17) is 0 Å². The molecule has 1 radical (unpaired) electrons. The summed E-state index contributed by atoms with van der Waals surface area (Å²) in [6.45, 7) is 0. The van der Waals surface area contributed by atoms with Crippen LogP contribution in [-0.4, -0.2) is 44.2 Å². The minimum atomic E-state index is -0.361. The maximum atomic E-state index is 10.6. The molecule has 0 saturated carbocycles. The Morgan fingerprint density at radius 2 is 1.67 bits per heavy atom. The Labute approximate surface area is 54.9 Å². The highest BCUT2D eigenvalue weighted by Gasteiger charge is 2.21. The van der Waals surface area contributed by atoms with Crippen LogP contribution in [0.1, 0.15) is 0 Å². The third-order valence-corrected chi connectivity index (χ3v) is 0.626. The molecule has 9 heavy (non-hydrogen) atoms. The molecule has 0 unspecified atom stereocenters. The van der Waals surface area contributed by atoms with Crippen molar-refractivity contribution in [1.29, 1.82) is 0 Å². The zero-order valence-electron chi connectivity index (χ0n) is 6.21. The Morgan fingerprint density at radius 3 is 1.78 bits per heavy atom. The van der Waals surface area contributed by atoms with Gasteiger partial charge < -0.3 is 0 Å². The van der Waals surface area contributed by atoms with Crippen molar-refractivity contribution in [3.63, 3.8) is 0 Å². The van der Waals surface area contributed by atoms with Gasteiger partial charge >= 0.3 is 6.09 Å². The summed E-state index contributed by atoms with van der Waals surface area (Å²) in [7, 11) is 6.57. The normalized spacial score (nSPS) is 9.44. The summed E-state index contributed by atoms with van der Waals surface area (Å²) in [4.78, 5) is 16.6. The molecule has 53 valence electrons. The van der Waals surface area contributed by atoms with Gasteiger partial charge in [-0.3, -0.25) is 4.90 Å². The van der Waals surface area contributed by atoms with Gasteiger partial charge in [-0.25, -0.2) is 0 Å². The molecular formula is C5H12N2O2+. The molecule has 0 fully saturated rings. The van der Waals surface area contributed by atoms with E-state index in [2.05, 4.69) is 4.84 Å². The van der Waals surface area contributed by atoms with E-state index in [9.17, 15) is 4.79 Å². The van der Waals surface area contributed by atoms with Crippen LogP contribution in [0.2, 0.25) is 0 Å². The predicted octanol–water partition coefficient (Wildman–Crippen LogP) is 0.161. The van der Waals surface area contributed by atoms with Crippen molar-refractivity contribution < 1.29 is 9.63 Å². The number of hydrogen-bond acceptors (Lipinski definition) is 3. The second-order valence-corrected chi connectivity index (χ2v) is 2.06. The largest absolute Gasteiger partial charge is 0.711 e. The maximum absolute atomic E-state index is 10.6. The molecule has 4 nitrogen and oxygen atoms in total. The van der Waals surface area contributed by atoms with E-state index in [1.54, 1.807) is 28.2 Å². The van der Waals surface area contributed by atoms with Crippen LogP contribution in [0.5, 0.6) is 0 Å². The van der Waals surface area contributed by atoms with Crippen LogP contribution in [0.25, 0.3) is 0 Å².